The number of ether oxygens (including phenoxy) is 1. The van der Waals surface area contributed by atoms with Gasteiger partial charge in [0.25, 0.3) is 0 Å². The van der Waals surface area contributed by atoms with E-state index in [0.717, 1.165) is 0 Å². The number of nitrogen functional groups attached to an aromatic ring is 2. The highest BCUT2D eigenvalue weighted by molar-refractivity contribution is 6.35. The van der Waals surface area contributed by atoms with E-state index in [9.17, 15) is 0 Å². The van der Waals surface area contributed by atoms with Crippen molar-refractivity contribution in [2.45, 2.75) is 6.61 Å². The third kappa shape index (κ3) is 2.75. The predicted molar refractivity (Wildman–Crippen MR) is 71.7 cm³/mol. The van der Waals surface area contributed by atoms with Gasteiger partial charge in [-0.3, -0.25) is 0 Å². The molecule has 4 N–H and O–H groups in total. The Balaban J connectivity index is 2.16. The summed E-state index contributed by atoms with van der Waals surface area (Å²) in [6.45, 7) is 0.177. The highest BCUT2D eigenvalue weighted by Crippen LogP contribution is 2.27. The van der Waals surface area contributed by atoms with Crippen LogP contribution in [0.25, 0.3) is 0 Å². The van der Waals surface area contributed by atoms with Crippen molar-refractivity contribution in [1.29, 1.82) is 0 Å². The Kier molecular flexibility index (Phi) is 3.74. The molecule has 0 aliphatic carbocycles. The minimum Gasteiger partial charge on any atom is -0.483 e. The second-order valence-corrected chi connectivity index (χ2v) is 4.28. The molecule has 0 aliphatic rings. The van der Waals surface area contributed by atoms with Gasteiger partial charge in [-0.15, -0.1) is 0 Å². The van der Waals surface area contributed by atoms with E-state index in [1.165, 1.54) is 6.20 Å². The zero-order chi connectivity index (χ0) is 13.1. The molecule has 1 aromatic carbocycles. The topological polar surface area (TPSA) is 87.0 Å². The van der Waals surface area contributed by atoms with Crippen LogP contribution in [0.4, 0.5) is 11.8 Å². The molecular formula is C11H10Cl2N4O. The van der Waals surface area contributed by atoms with E-state index in [1.807, 2.05) is 0 Å². The summed E-state index contributed by atoms with van der Waals surface area (Å²) in [7, 11) is 0. The monoisotopic (exact) mass is 284 g/mol. The Morgan fingerprint density at radius 2 is 1.83 bits per heavy atom. The van der Waals surface area contributed by atoms with Gasteiger partial charge in [-0.25, -0.2) is 4.98 Å². The molecule has 2 aromatic rings. The average molecular weight is 285 g/mol. The molecule has 0 radical (unpaired) electrons. The van der Waals surface area contributed by atoms with Gasteiger partial charge in [-0.05, 0) is 12.1 Å². The largest absolute Gasteiger partial charge is 0.483 e. The van der Waals surface area contributed by atoms with Crippen molar-refractivity contribution in [2.24, 2.45) is 0 Å². The second-order valence-electron chi connectivity index (χ2n) is 3.47. The first-order chi connectivity index (χ1) is 8.58. The summed E-state index contributed by atoms with van der Waals surface area (Å²) in [4.78, 5) is 7.58. The number of benzene rings is 1. The zero-order valence-corrected chi connectivity index (χ0v) is 10.7. The Morgan fingerprint density at radius 1 is 1.17 bits per heavy atom. The maximum absolute atomic E-state index is 6.01. The van der Waals surface area contributed by atoms with Crippen molar-refractivity contribution in [2.75, 3.05) is 11.5 Å². The van der Waals surface area contributed by atoms with E-state index in [-0.39, 0.29) is 18.4 Å². The molecule has 0 saturated heterocycles. The van der Waals surface area contributed by atoms with E-state index < -0.39 is 0 Å². The van der Waals surface area contributed by atoms with Crippen molar-refractivity contribution in [1.82, 2.24) is 9.97 Å². The lowest BCUT2D eigenvalue weighted by atomic mass is 10.2. The molecule has 0 aliphatic heterocycles. The summed E-state index contributed by atoms with van der Waals surface area (Å²) in [6.07, 6.45) is 1.41. The quantitative estimate of drug-likeness (QED) is 0.904. The van der Waals surface area contributed by atoms with Gasteiger partial charge in [0.2, 0.25) is 5.95 Å². The van der Waals surface area contributed by atoms with Crippen LogP contribution in [0.3, 0.4) is 0 Å². The maximum atomic E-state index is 6.01. The molecule has 18 heavy (non-hydrogen) atoms. The van der Waals surface area contributed by atoms with E-state index >= 15 is 0 Å². The Hall–Kier alpha value is -1.72. The Labute approximate surface area is 114 Å². The van der Waals surface area contributed by atoms with Crippen LogP contribution in [0.5, 0.6) is 5.75 Å². The molecule has 0 bridgehead atoms. The molecule has 0 amide bonds. The first kappa shape index (κ1) is 12.7. The normalized spacial score (nSPS) is 10.3. The number of anilines is 2. The lowest BCUT2D eigenvalue weighted by Crippen LogP contribution is -2.04. The van der Waals surface area contributed by atoms with Crippen molar-refractivity contribution in [3.63, 3.8) is 0 Å². The standard InChI is InChI=1S/C11H10Cl2N4O/c12-7-2-1-3-8(13)6(7)5-18-9-4-16-11(15)17-10(9)14/h1-4H,5H2,(H4,14,15,16,17). The molecule has 5 nitrogen and oxygen atoms in total. The van der Waals surface area contributed by atoms with Crippen LogP contribution in [0.15, 0.2) is 24.4 Å². The molecular weight excluding hydrogens is 275 g/mol. The minimum atomic E-state index is 0.0932. The maximum Gasteiger partial charge on any atom is 0.222 e. The van der Waals surface area contributed by atoms with Gasteiger partial charge in [-0.1, -0.05) is 29.3 Å². The van der Waals surface area contributed by atoms with Crippen molar-refractivity contribution in [3.05, 3.63) is 40.0 Å². The van der Waals surface area contributed by atoms with E-state index in [1.54, 1.807) is 18.2 Å². The third-order valence-corrected chi connectivity index (χ3v) is 2.94. The fourth-order valence-electron chi connectivity index (χ4n) is 1.33. The highest BCUT2D eigenvalue weighted by atomic mass is 35.5. The Bertz CT molecular complexity index is 557. The van der Waals surface area contributed by atoms with Crippen molar-refractivity contribution in [3.8, 4) is 5.75 Å². The Morgan fingerprint density at radius 3 is 2.44 bits per heavy atom. The summed E-state index contributed by atoms with van der Waals surface area (Å²) < 4.78 is 5.47. The SMILES string of the molecule is Nc1ncc(OCc2c(Cl)cccc2Cl)c(N)n1. The summed E-state index contributed by atoms with van der Waals surface area (Å²) >= 11 is 12.0. The lowest BCUT2D eigenvalue weighted by Gasteiger charge is -2.10. The first-order valence-electron chi connectivity index (χ1n) is 5.01. The molecule has 94 valence electrons. The predicted octanol–water partition coefficient (Wildman–Crippen LogP) is 2.53. The van der Waals surface area contributed by atoms with Crippen LogP contribution in [0, 0.1) is 0 Å². The van der Waals surface area contributed by atoms with Gasteiger partial charge in [0.05, 0.1) is 6.20 Å². The van der Waals surface area contributed by atoms with Crippen molar-refractivity contribution < 1.29 is 4.74 Å². The molecule has 0 saturated carbocycles. The summed E-state index contributed by atoms with van der Waals surface area (Å²) in [5, 5.41) is 1.05. The molecule has 1 aromatic heterocycles. The van der Waals surface area contributed by atoms with Gasteiger partial charge in [-0.2, -0.15) is 4.98 Å². The molecule has 1 heterocycles. The number of nitrogens with two attached hydrogens (primary N) is 2. The number of halogens is 2. The summed E-state index contributed by atoms with van der Waals surface area (Å²) in [5.74, 6) is 0.599. The fraction of sp³-hybridized carbons (Fsp3) is 0.0909. The molecule has 0 unspecified atom stereocenters. The molecule has 7 heteroatoms. The van der Waals surface area contributed by atoms with Crippen LogP contribution >= 0.6 is 23.2 Å². The molecule has 0 atom stereocenters. The number of nitrogens with zero attached hydrogens (tertiary/aromatic N) is 2. The van der Waals surface area contributed by atoms with E-state index in [4.69, 9.17) is 39.4 Å². The van der Waals surface area contributed by atoms with Gasteiger partial charge >= 0.3 is 0 Å². The molecule has 2 rings (SSSR count). The molecule has 0 spiro atoms. The lowest BCUT2D eigenvalue weighted by molar-refractivity contribution is 0.306. The first-order valence-corrected chi connectivity index (χ1v) is 5.77. The van der Waals surface area contributed by atoms with Crippen LogP contribution in [0.1, 0.15) is 5.56 Å². The van der Waals surface area contributed by atoms with Crippen LogP contribution < -0.4 is 16.2 Å². The number of rotatable bonds is 3. The van der Waals surface area contributed by atoms with E-state index in [0.29, 0.717) is 21.4 Å². The minimum absolute atomic E-state index is 0.0932. The summed E-state index contributed by atoms with van der Waals surface area (Å²) in [6, 6.07) is 5.22. The fourth-order valence-corrected chi connectivity index (χ4v) is 1.84. The summed E-state index contributed by atoms with van der Waals surface area (Å²) in [5.41, 5.74) is 11.7. The number of hydrogen-bond donors (Lipinski definition) is 2. The van der Waals surface area contributed by atoms with Gasteiger partial charge in [0, 0.05) is 15.6 Å². The zero-order valence-electron chi connectivity index (χ0n) is 9.23. The van der Waals surface area contributed by atoms with Crippen molar-refractivity contribution >= 4 is 35.0 Å². The molecule has 0 fully saturated rings. The second kappa shape index (κ2) is 5.29. The van der Waals surface area contributed by atoms with Gasteiger partial charge in [0.1, 0.15) is 6.61 Å². The van der Waals surface area contributed by atoms with E-state index in [2.05, 4.69) is 9.97 Å². The number of hydrogen-bond acceptors (Lipinski definition) is 5. The van der Waals surface area contributed by atoms with Crippen LogP contribution in [-0.2, 0) is 6.61 Å². The number of aromatic nitrogens is 2. The van der Waals surface area contributed by atoms with Crippen LogP contribution in [-0.4, -0.2) is 9.97 Å². The van der Waals surface area contributed by atoms with Gasteiger partial charge in [0.15, 0.2) is 11.6 Å². The van der Waals surface area contributed by atoms with Gasteiger partial charge < -0.3 is 16.2 Å². The third-order valence-electron chi connectivity index (χ3n) is 2.24. The average Bonchev–Trinajstić information content (AvgIpc) is 2.31. The smallest absolute Gasteiger partial charge is 0.222 e. The highest BCUT2D eigenvalue weighted by Gasteiger charge is 2.08. The van der Waals surface area contributed by atoms with Crippen LogP contribution in [0.2, 0.25) is 10.0 Å².